The van der Waals surface area contributed by atoms with E-state index in [1.807, 2.05) is 37.1 Å². The summed E-state index contributed by atoms with van der Waals surface area (Å²) in [5.41, 5.74) is 2.71. The molecule has 25 heavy (non-hydrogen) atoms. The average molecular weight is 343 g/mol. The first-order valence-corrected chi connectivity index (χ1v) is 9.46. The van der Waals surface area contributed by atoms with E-state index in [2.05, 4.69) is 10.6 Å². The number of nitrogens with zero attached hydrogens (tertiary/aromatic N) is 1. The number of hydrogen-bond donors (Lipinski definition) is 2. The maximum absolute atomic E-state index is 12.5. The molecule has 0 unspecified atom stereocenters. The van der Waals surface area contributed by atoms with Gasteiger partial charge >= 0.3 is 0 Å². The molecule has 0 heterocycles. The predicted octanol–water partition coefficient (Wildman–Crippen LogP) is 3.55. The number of carbonyl (C=O) groups excluding carboxylic acids is 2. The van der Waals surface area contributed by atoms with Crippen LogP contribution in [-0.2, 0) is 9.59 Å². The van der Waals surface area contributed by atoms with E-state index in [-0.39, 0.29) is 24.3 Å². The van der Waals surface area contributed by atoms with Crippen LogP contribution in [0.4, 0.5) is 11.4 Å². The number of anilines is 2. The van der Waals surface area contributed by atoms with Gasteiger partial charge in [0, 0.05) is 30.4 Å². The molecular weight excluding hydrogens is 314 g/mol. The summed E-state index contributed by atoms with van der Waals surface area (Å²) in [7, 11) is 1.92. The first-order valence-electron chi connectivity index (χ1n) is 9.46. The second-order valence-corrected chi connectivity index (χ2v) is 7.39. The molecule has 1 aromatic rings. The zero-order valence-electron chi connectivity index (χ0n) is 15.3. The van der Waals surface area contributed by atoms with Gasteiger partial charge in [0.2, 0.25) is 11.8 Å². The summed E-state index contributed by atoms with van der Waals surface area (Å²) in [5, 5.41) is 6.25. The fraction of sp³-hybridized carbons (Fsp3) is 0.600. The Morgan fingerprint density at radius 3 is 2.44 bits per heavy atom. The van der Waals surface area contributed by atoms with Gasteiger partial charge in [0.05, 0.1) is 6.54 Å². The quantitative estimate of drug-likeness (QED) is 0.830. The number of amides is 2. The van der Waals surface area contributed by atoms with E-state index in [0.717, 1.165) is 42.6 Å². The number of rotatable bonds is 6. The highest BCUT2D eigenvalue weighted by Gasteiger charge is 2.30. The lowest BCUT2D eigenvalue weighted by molar-refractivity contribution is -0.130. The van der Waals surface area contributed by atoms with Gasteiger partial charge in [-0.2, -0.15) is 0 Å². The highest BCUT2D eigenvalue weighted by atomic mass is 16.2. The number of hydrogen-bond acceptors (Lipinski definition) is 3. The van der Waals surface area contributed by atoms with E-state index in [1.165, 1.54) is 19.3 Å². The lowest BCUT2D eigenvalue weighted by atomic mass is 9.94. The SMILES string of the molecule is Cc1c(NCC(=O)N(C)C2CCCCC2)cccc1NC(=O)C1CC1. The molecule has 136 valence electrons. The predicted molar refractivity (Wildman–Crippen MR) is 101 cm³/mol. The minimum Gasteiger partial charge on any atom is -0.376 e. The minimum absolute atomic E-state index is 0.105. The summed E-state index contributed by atoms with van der Waals surface area (Å²) in [6.07, 6.45) is 7.94. The number of benzene rings is 1. The standard InChI is InChI=1S/C20H29N3O2/c1-14-17(9-6-10-18(14)22-20(25)15-11-12-15)21-13-19(24)23(2)16-7-4-3-5-8-16/h6,9-10,15-16,21H,3-5,7-8,11-13H2,1-2H3,(H,22,25). The highest BCUT2D eigenvalue weighted by Crippen LogP contribution is 2.31. The van der Waals surface area contributed by atoms with Gasteiger partial charge in [0.25, 0.3) is 0 Å². The summed E-state index contributed by atoms with van der Waals surface area (Å²) in [4.78, 5) is 26.4. The third-order valence-electron chi connectivity index (χ3n) is 5.49. The summed E-state index contributed by atoms with van der Waals surface area (Å²) in [5.74, 6) is 0.411. The van der Waals surface area contributed by atoms with Crippen molar-refractivity contribution in [3.8, 4) is 0 Å². The molecule has 3 rings (SSSR count). The molecule has 0 spiro atoms. The van der Waals surface area contributed by atoms with Crippen LogP contribution in [0, 0.1) is 12.8 Å². The lowest BCUT2D eigenvalue weighted by Crippen LogP contribution is -2.41. The highest BCUT2D eigenvalue weighted by molar-refractivity contribution is 5.95. The molecule has 5 heteroatoms. The molecule has 2 fully saturated rings. The van der Waals surface area contributed by atoms with Gasteiger partial charge in [-0.15, -0.1) is 0 Å². The third kappa shape index (κ3) is 4.53. The van der Waals surface area contributed by atoms with E-state index >= 15 is 0 Å². The van der Waals surface area contributed by atoms with Crippen molar-refractivity contribution in [2.75, 3.05) is 24.2 Å². The monoisotopic (exact) mass is 343 g/mol. The molecule has 0 radical (unpaired) electrons. The zero-order valence-corrected chi connectivity index (χ0v) is 15.3. The van der Waals surface area contributed by atoms with Crippen LogP contribution in [0.1, 0.15) is 50.5 Å². The Balaban J connectivity index is 1.56. The van der Waals surface area contributed by atoms with Gasteiger partial charge in [-0.05, 0) is 50.3 Å². The van der Waals surface area contributed by atoms with Crippen molar-refractivity contribution in [3.63, 3.8) is 0 Å². The van der Waals surface area contributed by atoms with Gasteiger partial charge in [-0.3, -0.25) is 9.59 Å². The van der Waals surface area contributed by atoms with Crippen molar-refractivity contribution in [1.29, 1.82) is 0 Å². The van der Waals surface area contributed by atoms with Crippen molar-refractivity contribution >= 4 is 23.2 Å². The lowest BCUT2D eigenvalue weighted by Gasteiger charge is -2.31. The van der Waals surface area contributed by atoms with Crippen molar-refractivity contribution in [2.24, 2.45) is 5.92 Å². The zero-order chi connectivity index (χ0) is 17.8. The van der Waals surface area contributed by atoms with E-state index in [0.29, 0.717) is 6.04 Å². The number of nitrogens with one attached hydrogen (secondary N) is 2. The smallest absolute Gasteiger partial charge is 0.241 e. The molecule has 2 aliphatic carbocycles. The van der Waals surface area contributed by atoms with Crippen LogP contribution in [0.15, 0.2) is 18.2 Å². The maximum Gasteiger partial charge on any atom is 0.241 e. The Hall–Kier alpha value is -2.04. The number of likely N-dealkylation sites (N-methyl/N-ethyl adjacent to an activating group) is 1. The van der Waals surface area contributed by atoms with Crippen LogP contribution in [-0.4, -0.2) is 36.3 Å². The fourth-order valence-electron chi connectivity index (χ4n) is 3.51. The van der Waals surface area contributed by atoms with Gasteiger partial charge in [-0.25, -0.2) is 0 Å². The molecule has 2 N–H and O–H groups in total. The molecule has 0 atom stereocenters. The normalized spacial score (nSPS) is 17.8. The summed E-state index contributed by atoms with van der Waals surface area (Å²) in [6.45, 7) is 2.26. The van der Waals surface area contributed by atoms with Crippen LogP contribution >= 0.6 is 0 Å². The second-order valence-electron chi connectivity index (χ2n) is 7.39. The molecule has 0 saturated heterocycles. The second kappa shape index (κ2) is 7.89. The Morgan fingerprint density at radius 1 is 1.08 bits per heavy atom. The van der Waals surface area contributed by atoms with Crippen LogP contribution in [0.5, 0.6) is 0 Å². The summed E-state index contributed by atoms with van der Waals surface area (Å²) in [6, 6.07) is 6.16. The van der Waals surface area contributed by atoms with Crippen LogP contribution in [0.2, 0.25) is 0 Å². The molecule has 2 aliphatic rings. The van der Waals surface area contributed by atoms with E-state index in [1.54, 1.807) is 0 Å². The van der Waals surface area contributed by atoms with Crippen molar-refractivity contribution in [1.82, 2.24) is 4.90 Å². The van der Waals surface area contributed by atoms with Crippen molar-refractivity contribution < 1.29 is 9.59 Å². The van der Waals surface area contributed by atoms with Crippen LogP contribution < -0.4 is 10.6 Å². The van der Waals surface area contributed by atoms with E-state index < -0.39 is 0 Å². The van der Waals surface area contributed by atoms with Gasteiger partial charge < -0.3 is 15.5 Å². The molecule has 2 saturated carbocycles. The Bertz CT molecular complexity index is 634. The Labute approximate surface area is 150 Å². The van der Waals surface area contributed by atoms with E-state index in [4.69, 9.17) is 0 Å². The molecular formula is C20H29N3O2. The van der Waals surface area contributed by atoms with Gasteiger partial charge in [0.15, 0.2) is 0 Å². The third-order valence-corrected chi connectivity index (χ3v) is 5.49. The summed E-state index contributed by atoms with van der Waals surface area (Å²) >= 11 is 0. The van der Waals surface area contributed by atoms with Crippen LogP contribution in [0.25, 0.3) is 0 Å². The van der Waals surface area contributed by atoms with Gasteiger partial charge in [0.1, 0.15) is 0 Å². The van der Waals surface area contributed by atoms with Crippen molar-refractivity contribution in [3.05, 3.63) is 23.8 Å². The van der Waals surface area contributed by atoms with Crippen LogP contribution in [0.3, 0.4) is 0 Å². The minimum atomic E-state index is 0.105. The number of carbonyl (C=O) groups is 2. The Kier molecular flexibility index (Phi) is 5.61. The molecule has 0 aromatic heterocycles. The first-order chi connectivity index (χ1) is 12.1. The maximum atomic E-state index is 12.5. The van der Waals surface area contributed by atoms with Crippen molar-refractivity contribution in [2.45, 2.75) is 57.9 Å². The molecule has 1 aromatic carbocycles. The largest absolute Gasteiger partial charge is 0.376 e. The topological polar surface area (TPSA) is 61.4 Å². The molecule has 2 amide bonds. The summed E-state index contributed by atoms with van der Waals surface area (Å²) < 4.78 is 0. The van der Waals surface area contributed by atoms with E-state index in [9.17, 15) is 9.59 Å². The van der Waals surface area contributed by atoms with Gasteiger partial charge in [-0.1, -0.05) is 25.3 Å². The Morgan fingerprint density at radius 2 is 1.76 bits per heavy atom. The first kappa shape index (κ1) is 17.8. The molecule has 0 bridgehead atoms. The molecule has 5 nitrogen and oxygen atoms in total. The molecule has 0 aliphatic heterocycles. The fourth-order valence-corrected chi connectivity index (χ4v) is 3.51. The average Bonchev–Trinajstić information content (AvgIpc) is 3.47.